The van der Waals surface area contributed by atoms with Gasteiger partial charge in [0.05, 0.1) is 38.9 Å². The fourth-order valence-electron chi connectivity index (χ4n) is 3.85. The molecule has 1 aromatic carbocycles. The molecule has 1 aliphatic carbocycles. The van der Waals surface area contributed by atoms with Gasteiger partial charge in [0.25, 0.3) is 0 Å². The smallest absolute Gasteiger partial charge is 0.224 e. The zero-order valence-electron chi connectivity index (χ0n) is 14.8. The van der Waals surface area contributed by atoms with Crippen LogP contribution in [0.4, 0.5) is 0 Å². The summed E-state index contributed by atoms with van der Waals surface area (Å²) in [6.07, 6.45) is 2.59. The number of rotatable bonds is 5. The van der Waals surface area contributed by atoms with Crippen molar-refractivity contribution >= 4 is 5.91 Å². The van der Waals surface area contributed by atoms with Gasteiger partial charge >= 0.3 is 0 Å². The van der Waals surface area contributed by atoms with Crippen molar-refractivity contribution in [1.29, 1.82) is 0 Å². The van der Waals surface area contributed by atoms with Crippen LogP contribution in [0.1, 0.15) is 24.8 Å². The van der Waals surface area contributed by atoms with E-state index in [0.29, 0.717) is 6.42 Å². The second kappa shape index (κ2) is 8.65. The number of methoxy groups -OCH3 is 1. The highest BCUT2D eigenvalue weighted by atomic mass is 16.5. The van der Waals surface area contributed by atoms with Gasteiger partial charge in [-0.25, -0.2) is 0 Å². The number of benzene rings is 1. The van der Waals surface area contributed by atoms with Crippen LogP contribution < -0.4 is 10.1 Å². The van der Waals surface area contributed by atoms with Crippen molar-refractivity contribution in [3.63, 3.8) is 0 Å². The molecule has 1 saturated heterocycles. The zero-order chi connectivity index (χ0) is 17.6. The molecule has 138 valence electrons. The Morgan fingerprint density at radius 3 is 2.92 bits per heavy atom. The standard InChI is InChI=1S/C19H28N2O4/c1-24-15-5-2-4-14(12-15)13-18(22)20-16-6-3-7-17(19(16)23)21-8-10-25-11-9-21/h2,4-5,12,16-17,19,23H,3,6-11,13H2,1H3,(H,20,22)/t16-,17-,19-/m1/s1. The lowest BCUT2D eigenvalue weighted by atomic mass is 9.86. The van der Waals surface area contributed by atoms with Crippen molar-refractivity contribution in [2.75, 3.05) is 33.4 Å². The number of amides is 1. The van der Waals surface area contributed by atoms with Gasteiger partial charge in [0.1, 0.15) is 5.75 Å². The van der Waals surface area contributed by atoms with Crippen molar-refractivity contribution in [2.24, 2.45) is 0 Å². The Hall–Kier alpha value is -1.63. The number of hydrogen-bond acceptors (Lipinski definition) is 5. The van der Waals surface area contributed by atoms with Gasteiger partial charge in [-0.3, -0.25) is 9.69 Å². The molecule has 0 aromatic heterocycles. The minimum atomic E-state index is -0.527. The van der Waals surface area contributed by atoms with Gasteiger partial charge in [0.2, 0.25) is 5.91 Å². The predicted octanol–water partition coefficient (Wildman–Crippen LogP) is 0.968. The van der Waals surface area contributed by atoms with Gasteiger partial charge < -0.3 is 19.9 Å². The molecule has 1 saturated carbocycles. The number of hydrogen-bond donors (Lipinski definition) is 2. The summed E-state index contributed by atoms with van der Waals surface area (Å²) in [7, 11) is 1.61. The topological polar surface area (TPSA) is 71.0 Å². The number of carbonyl (C=O) groups is 1. The largest absolute Gasteiger partial charge is 0.497 e. The fraction of sp³-hybridized carbons (Fsp3) is 0.632. The summed E-state index contributed by atoms with van der Waals surface area (Å²) in [5, 5.41) is 13.8. The Bertz CT molecular complexity index is 574. The molecule has 1 aromatic rings. The van der Waals surface area contributed by atoms with Crippen LogP contribution in [0.2, 0.25) is 0 Å². The number of carbonyl (C=O) groups excluding carboxylic acids is 1. The molecule has 2 aliphatic rings. The van der Waals surface area contributed by atoms with E-state index in [1.54, 1.807) is 7.11 Å². The summed E-state index contributed by atoms with van der Waals surface area (Å²) in [5.41, 5.74) is 0.909. The fourth-order valence-corrected chi connectivity index (χ4v) is 3.85. The van der Waals surface area contributed by atoms with E-state index in [2.05, 4.69) is 10.2 Å². The van der Waals surface area contributed by atoms with Crippen molar-refractivity contribution in [3.05, 3.63) is 29.8 Å². The van der Waals surface area contributed by atoms with Gasteiger partial charge in [0.15, 0.2) is 0 Å². The first-order valence-corrected chi connectivity index (χ1v) is 9.09. The SMILES string of the molecule is COc1cccc(CC(=O)N[C@@H]2CCC[C@@H](N3CCOCC3)[C@@H]2O)c1. The van der Waals surface area contributed by atoms with Crippen LogP contribution in [0.25, 0.3) is 0 Å². The number of nitrogens with zero attached hydrogens (tertiary/aromatic N) is 1. The number of morpholine rings is 1. The van der Waals surface area contributed by atoms with Crippen LogP contribution in [0.5, 0.6) is 5.75 Å². The van der Waals surface area contributed by atoms with Crippen LogP contribution in [0.15, 0.2) is 24.3 Å². The van der Waals surface area contributed by atoms with Crippen molar-refractivity contribution in [3.8, 4) is 5.75 Å². The third-order valence-electron chi connectivity index (χ3n) is 5.18. The quantitative estimate of drug-likeness (QED) is 0.830. The van der Waals surface area contributed by atoms with Gasteiger partial charge in [-0.2, -0.15) is 0 Å². The summed E-state index contributed by atoms with van der Waals surface area (Å²) in [5.74, 6) is 0.690. The van der Waals surface area contributed by atoms with Crippen molar-refractivity contribution < 1.29 is 19.4 Å². The van der Waals surface area contributed by atoms with Crippen molar-refractivity contribution in [2.45, 2.75) is 43.9 Å². The molecule has 1 heterocycles. The summed E-state index contributed by atoms with van der Waals surface area (Å²) in [4.78, 5) is 14.7. The second-order valence-electron chi connectivity index (χ2n) is 6.84. The molecule has 0 spiro atoms. The Balaban J connectivity index is 1.56. The Labute approximate surface area is 149 Å². The van der Waals surface area contributed by atoms with E-state index in [9.17, 15) is 9.90 Å². The molecule has 2 fully saturated rings. The van der Waals surface area contributed by atoms with E-state index in [-0.39, 0.29) is 18.0 Å². The van der Waals surface area contributed by atoms with E-state index < -0.39 is 6.10 Å². The molecular weight excluding hydrogens is 320 g/mol. The van der Waals surface area contributed by atoms with Crippen LogP contribution >= 0.6 is 0 Å². The number of nitrogens with one attached hydrogen (secondary N) is 1. The first kappa shape index (κ1) is 18.2. The molecule has 3 atom stereocenters. The lowest BCUT2D eigenvalue weighted by molar-refractivity contribution is -0.123. The van der Waals surface area contributed by atoms with Crippen LogP contribution in [-0.2, 0) is 16.0 Å². The van der Waals surface area contributed by atoms with Gasteiger partial charge in [-0.15, -0.1) is 0 Å². The Kier molecular flexibility index (Phi) is 6.29. The van der Waals surface area contributed by atoms with E-state index in [0.717, 1.165) is 56.9 Å². The summed E-state index contributed by atoms with van der Waals surface area (Å²) in [6.45, 7) is 3.14. The molecule has 3 rings (SSSR count). The lowest BCUT2D eigenvalue weighted by Crippen LogP contribution is -2.58. The van der Waals surface area contributed by atoms with E-state index >= 15 is 0 Å². The van der Waals surface area contributed by atoms with Crippen LogP contribution in [0.3, 0.4) is 0 Å². The number of aliphatic hydroxyl groups is 1. The zero-order valence-corrected chi connectivity index (χ0v) is 14.8. The van der Waals surface area contributed by atoms with Gasteiger partial charge in [0, 0.05) is 19.1 Å². The van der Waals surface area contributed by atoms with Crippen LogP contribution in [-0.4, -0.2) is 67.5 Å². The Morgan fingerprint density at radius 2 is 2.16 bits per heavy atom. The van der Waals surface area contributed by atoms with Gasteiger partial charge in [-0.1, -0.05) is 12.1 Å². The maximum Gasteiger partial charge on any atom is 0.224 e. The summed E-state index contributed by atoms with van der Waals surface area (Å²) >= 11 is 0. The monoisotopic (exact) mass is 348 g/mol. The molecule has 0 radical (unpaired) electrons. The first-order chi connectivity index (χ1) is 12.2. The van der Waals surface area contributed by atoms with Crippen molar-refractivity contribution in [1.82, 2.24) is 10.2 Å². The lowest BCUT2D eigenvalue weighted by Gasteiger charge is -2.43. The average Bonchev–Trinajstić information content (AvgIpc) is 2.64. The average molecular weight is 348 g/mol. The highest BCUT2D eigenvalue weighted by Crippen LogP contribution is 2.25. The summed E-state index contributed by atoms with van der Waals surface area (Å²) < 4.78 is 10.6. The van der Waals surface area contributed by atoms with E-state index in [1.165, 1.54) is 0 Å². The minimum Gasteiger partial charge on any atom is -0.497 e. The number of aliphatic hydroxyl groups excluding tert-OH is 1. The highest BCUT2D eigenvalue weighted by Gasteiger charge is 2.36. The number of ether oxygens (including phenoxy) is 2. The maximum atomic E-state index is 12.4. The molecule has 0 unspecified atom stereocenters. The third kappa shape index (κ3) is 4.71. The highest BCUT2D eigenvalue weighted by molar-refractivity contribution is 5.79. The summed E-state index contributed by atoms with van der Waals surface area (Å²) in [6, 6.07) is 7.45. The molecule has 6 heteroatoms. The second-order valence-corrected chi connectivity index (χ2v) is 6.84. The van der Waals surface area contributed by atoms with Gasteiger partial charge in [-0.05, 0) is 37.0 Å². The molecule has 1 amide bonds. The Morgan fingerprint density at radius 1 is 1.36 bits per heavy atom. The molecule has 0 bridgehead atoms. The minimum absolute atomic E-state index is 0.0556. The predicted molar refractivity (Wildman–Crippen MR) is 94.7 cm³/mol. The van der Waals surface area contributed by atoms with E-state index in [1.807, 2.05) is 24.3 Å². The normalized spacial score (nSPS) is 27.7. The molecule has 25 heavy (non-hydrogen) atoms. The molecule has 1 aliphatic heterocycles. The maximum absolute atomic E-state index is 12.4. The first-order valence-electron chi connectivity index (χ1n) is 9.09. The molecule has 6 nitrogen and oxygen atoms in total. The third-order valence-corrected chi connectivity index (χ3v) is 5.18. The van der Waals surface area contributed by atoms with Crippen LogP contribution in [0, 0.1) is 0 Å². The van der Waals surface area contributed by atoms with E-state index in [4.69, 9.17) is 9.47 Å². The molecular formula is C19H28N2O4. The molecule has 2 N–H and O–H groups in total.